The van der Waals surface area contributed by atoms with Crippen molar-refractivity contribution in [2.24, 2.45) is 0 Å². The van der Waals surface area contributed by atoms with Gasteiger partial charge in [0.15, 0.2) is 0 Å². The van der Waals surface area contributed by atoms with Crippen LogP contribution in [0.4, 0.5) is 5.69 Å². The second-order valence-electron chi connectivity index (χ2n) is 7.48. The molecule has 3 heteroatoms. The lowest BCUT2D eigenvalue weighted by Gasteiger charge is -2.57. The topological polar surface area (TPSA) is 15.7 Å². The van der Waals surface area contributed by atoms with Crippen molar-refractivity contribution in [3.8, 4) is 0 Å². The number of rotatable bonds is 4. The molecule has 0 aromatic heterocycles. The molecule has 3 aliphatic heterocycles. The van der Waals surface area contributed by atoms with E-state index in [0.717, 1.165) is 38.3 Å². The van der Waals surface area contributed by atoms with Crippen molar-refractivity contribution in [2.75, 3.05) is 38.3 Å². The highest BCUT2D eigenvalue weighted by atomic mass is 16.5. The number of ether oxygens (including phenoxy) is 1. The zero-order valence-electron chi connectivity index (χ0n) is 13.8. The lowest BCUT2D eigenvalue weighted by Crippen LogP contribution is -2.69. The summed E-state index contributed by atoms with van der Waals surface area (Å²) in [5.74, 6) is 0. The summed E-state index contributed by atoms with van der Waals surface area (Å²) in [4.78, 5) is 5.16. The van der Waals surface area contributed by atoms with E-state index < -0.39 is 0 Å². The maximum Gasteiger partial charge on any atom is 0.0589 e. The average molecular weight is 288 g/mol. The molecule has 2 bridgehead atoms. The fraction of sp³-hybridized carbons (Fsp3) is 0.667. The molecule has 3 fully saturated rings. The Hall–Kier alpha value is -1.06. The molecule has 2 atom stereocenters. The highest BCUT2D eigenvalue weighted by Crippen LogP contribution is 2.35. The SMILES string of the molecule is COCCN1C2CC1CN(c1ccc(C(C)(C)C)cc1)C2. The minimum atomic E-state index is 0.236. The van der Waals surface area contributed by atoms with Gasteiger partial charge >= 0.3 is 0 Å². The third-order valence-corrected chi connectivity index (χ3v) is 5.00. The Bertz CT molecular complexity index is 465. The number of hydrogen-bond donors (Lipinski definition) is 0. The highest BCUT2D eigenvalue weighted by Gasteiger charge is 2.44. The van der Waals surface area contributed by atoms with Gasteiger partial charge in [0.25, 0.3) is 0 Å². The van der Waals surface area contributed by atoms with Gasteiger partial charge in [-0.05, 0) is 29.5 Å². The number of piperazine rings is 1. The first kappa shape index (κ1) is 14.9. The van der Waals surface area contributed by atoms with Gasteiger partial charge in [-0.15, -0.1) is 0 Å². The number of piperidine rings is 1. The van der Waals surface area contributed by atoms with Crippen molar-refractivity contribution >= 4 is 5.69 Å². The van der Waals surface area contributed by atoms with E-state index in [1.807, 2.05) is 0 Å². The summed E-state index contributed by atoms with van der Waals surface area (Å²) in [6.07, 6.45) is 1.36. The second kappa shape index (κ2) is 5.62. The molecular weight excluding hydrogens is 260 g/mol. The smallest absolute Gasteiger partial charge is 0.0589 e. The Morgan fingerprint density at radius 3 is 2.24 bits per heavy atom. The lowest BCUT2D eigenvalue weighted by molar-refractivity contribution is -0.0175. The van der Waals surface area contributed by atoms with E-state index in [1.54, 1.807) is 7.11 Å². The van der Waals surface area contributed by atoms with Gasteiger partial charge in [-0.3, -0.25) is 4.90 Å². The molecule has 3 saturated heterocycles. The number of methoxy groups -OCH3 is 1. The molecule has 0 saturated carbocycles. The van der Waals surface area contributed by atoms with Gasteiger partial charge < -0.3 is 9.64 Å². The molecule has 116 valence electrons. The van der Waals surface area contributed by atoms with Crippen LogP contribution in [0.25, 0.3) is 0 Å². The van der Waals surface area contributed by atoms with E-state index in [9.17, 15) is 0 Å². The van der Waals surface area contributed by atoms with E-state index in [0.29, 0.717) is 0 Å². The van der Waals surface area contributed by atoms with Crippen LogP contribution in [0.2, 0.25) is 0 Å². The molecule has 21 heavy (non-hydrogen) atoms. The standard InChI is InChI=1S/C18H28N2O/c1-18(2,3)14-5-7-15(8-6-14)19-12-16-11-17(13-19)20(16)9-10-21-4/h5-8,16-17H,9-13H2,1-4H3. The molecule has 1 aromatic carbocycles. The number of hydrogen-bond acceptors (Lipinski definition) is 3. The van der Waals surface area contributed by atoms with Gasteiger partial charge in [-0.1, -0.05) is 32.9 Å². The Morgan fingerprint density at radius 1 is 1.10 bits per heavy atom. The van der Waals surface area contributed by atoms with E-state index in [4.69, 9.17) is 4.74 Å². The zero-order chi connectivity index (χ0) is 15.0. The number of benzene rings is 1. The van der Waals surface area contributed by atoms with Gasteiger partial charge in [0, 0.05) is 44.5 Å². The Labute approximate surface area is 128 Å². The monoisotopic (exact) mass is 288 g/mol. The highest BCUT2D eigenvalue weighted by molar-refractivity contribution is 5.50. The van der Waals surface area contributed by atoms with Crippen molar-refractivity contribution in [2.45, 2.75) is 44.7 Å². The third kappa shape index (κ3) is 2.95. The molecule has 2 unspecified atom stereocenters. The molecule has 3 aliphatic rings. The molecule has 4 rings (SSSR count). The second-order valence-corrected chi connectivity index (χ2v) is 7.48. The molecule has 0 radical (unpaired) electrons. The number of anilines is 1. The van der Waals surface area contributed by atoms with Crippen molar-refractivity contribution in [3.05, 3.63) is 29.8 Å². The fourth-order valence-corrected chi connectivity index (χ4v) is 3.63. The van der Waals surface area contributed by atoms with Gasteiger partial charge in [0.05, 0.1) is 6.61 Å². The molecule has 0 amide bonds. The van der Waals surface area contributed by atoms with E-state index in [-0.39, 0.29) is 5.41 Å². The Balaban J connectivity index is 1.63. The quantitative estimate of drug-likeness (QED) is 0.847. The number of fused-ring (bicyclic) bond motifs is 2. The summed E-state index contributed by atoms with van der Waals surface area (Å²) in [6, 6.07) is 10.6. The van der Waals surface area contributed by atoms with Crippen molar-refractivity contribution in [1.82, 2.24) is 4.90 Å². The Morgan fingerprint density at radius 2 is 1.71 bits per heavy atom. The first-order chi connectivity index (χ1) is 9.99. The first-order valence-electron chi connectivity index (χ1n) is 8.09. The predicted molar refractivity (Wildman–Crippen MR) is 88.1 cm³/mol. The average Bonchev–Trinajstić information content (AvgIpc) is 2.47. The Kier molecular flexibility index (Phi) is 3.98. The van der Waals surface area contributed by atoms with Crippen LogP contribution in [0.3, 0.4) is 0 Å². The van der Waals surface area contributed by atoms with Crippen molar-refractivity contribution in [3.63, 3.8) is 0 Å². The molecule has 3 nitrogen and oxygen atoms in total. The minimum absolute atomic E-state index is 0.236. The van der Waals surface area contributed by atoms with Crippen LogP contribution in [0.5, 0.6) is 0 Å². The summed E-state index contributed by atoms with van der Waals surface area (Å²) >= 11 is 0. The molecule has 0 aliphatic carbocycles. The third-order valence-electron chi connectivity index (χ3n) is 5.00. The van der Waals surface area contributed by atoms with E-state index in [1.165, 1.54) is 17.7 Å². The fourth-order valence-electron chi connectivity index (χ4n) is 3.63. The van der Waals surface area contributed by atoms with E-state index >= 15 is 0 Å². The van der Waals surface area contributed by atoms with Crippen LogP contribution < -0.4 is 4.90 Å². The largest absolute Gasteiger partial charge is 0.383 e. The van der Waals surface area contributed by atoms with Crippen molar-refractivity contribution in [1.29, 1.82) is 0 Å². The summed E-state index contributed by atoms with van der Waals surface area (Å²) in [7, 11) is 1.79. The summed E-state index contributed by atoms with van der Waals surface area (Å²) in [6.45, 7) is 11.1. The van der Waals surface area contributed by atoms with Crippen LogP contribution in [0, 0.1) is 0 Å². The molecule has 0 N–H and O–H groups in total. The van der Waals surface area contributed by atoms with Gasteiger partial charge in [0.1, 0.15) is 0 Å². The molecular formula is C18H28N2O. The van der Waals surface area contributed by atoms with Crippen LogP contribution in [0.1, 0.15) is 32.8 Å². The number of nitrogens with zero attached hydrogens (tertiary/aromatic N) is 2. The van der Waals surface area contributed by atoms with Gasteiger partial charge in [-0.25, -0.2) is 0 Å². The molecule has 1 aromatic rings. The van der Waals surface area contributed by atoms with Crippen LogP contribution in [-0.4, -0.2) is 50.3 Å². The van der Waals surface area contributed by atoms with Crippen LogP contribution in [-0.2, 0) is 10.2 Å². The maximum absolute atomic E-state index is 5.21. The van der Waals surface area contributed by atoms with Gasteiger partial charge in [0.2, 0.25) is 0 Å². The maximum atomic E-state index is 5.21. The van der Waals surface area contributed by atoms with Crippen molar-refractivity contribution < 1.29 is 4.74 Å². The summed E-state index contributed by atoms with van der Waals surface area (Å²) < 4.78 is 5.21. The first-order valence-corrected chi connectivity index (χ1v) is 8.09. The lowest BCUT2D eigenvalue weighted by atomic mass is 9.85. The summed E-state index contributed by atoms with van der Waals surface area (Å²) in [5.41, 5.74) is 3.03. The van der Waals surface area contributed by atoms with Crippen LogP contribution >= 0.6 is 0 Å². The predicted octanol–water partition coefficient (Wildman–Crippen LogP) is 2.89. The minimum Gasteiger partial charge on any atom is -0.383 e. The van der Waals surface area contributed by atoms with Gasteiger partial charge in [-0.2, -0.15) is 0 Å². The molecule has 0 spiro atoms. The zero-order valence-corrected chi connectivity index (χ0v) is 13.8. The summed E-state index contributed by atoms with van der Waals surface area (Å²) in [5, 5.41) is 0. The normalized spacial score (nSPS) is 25.8. The van der Waals surface area contributed by atoms with Crippen LogP contribution in [0.15, 0.2) is 24.3 Å². The molecule has 3 heterocycles. The van der Waals surface area contributed by atoms with E-state index in [2.05, 4.69) is 54.8 Å².